The van der Waals surface area contributed by atoms with Crippen LogP contribution < -0.4 is 10.2 Å². The molecule has 158 valence electrons. The van der Waals surface area contributed by atoms with Gasteiger partial charge in [-0.05, 0) is 42.3 Å². The summed E-state index contributed by atoms with van der Waals surface area (Å²) in [6.45, 7) is 5.36. The van der Waals surface area contributed by atoms with Gasteiger partial charge in [-0.15, -0.1) is 0 Å². The molecule has 0 aromatic heterocycles. The fourth-order valence-electron chi connectivity index (χ4n) is 4.50. The first-order chi connectivity index (χ1) is 14.5. The molecule has 7 heteroatoms. The SMILES string of the molecule is CNC(=O)N1CCN(c2cccc3cc(C(=O)N4CCC[C@H](C)C4)ccc23)CC1=N. The molecule has 2 fully saturated rings. The molecule has 0 saturated carbocycles. The van der Waals surface area contributed by atoms with Gasteiger partial charge in [0.15, 0.2) is 0 Å². The summed E-state index contributed by atoms with van der Waals surface area (Å²) in [5.41, 5.74) is 1.75. The van der Waals surface area contributed by atoms with E-state index in [1.807, 2.05) is 41.3 Å². The van der Waals surface area contributed by atoms with Crippen LogP contribution in [0.2, 0.25) is 0 Å². The smallest absolute Gasteiger partial charge is 0.322 e. The van der Waals surface area contributed by atoms with Crippen molar-refractivity contribution in [3.05, 3.63) is 42.0 Å². The number of amidine groups is 1. The summed E-state index contributed by atoms with van der Waals surface area (Å²) in [5, 5.41) is 12.9. The third-order valence-corrected chi connectivity index (χ3v) is 6.11. The Hall–Kier alpha value is -3.09. The molecular formula is C23H29N5O2. The van der Waals surface area contributed by atoms with Gasteiger partial charge < -0.3 is 15.1 Å². The molecule has 2 aromatic rings. The van der Waals surface area contributed by atoms with Gasteiger partial charge >= 0.3 is 6.03 Å². The molecule has 2 heterocycles. The maximum Gasteiger partial charge on any atom is 0.322 e. The van der Waals surface area contributed by atoms with Crippen LogP contribution >= 0.6 is 0 Å². The molecule has 4 rings (SSSR count). The lowest BCUT2D eigenvalue weighted by atomic mass is 9.98. The fourth-order valence-corrected chi connectivity index (χ4v) is 4.50. The third-order valence-electron chi connectivity index (χ3n) is 6.11. The van der Waals surface area contributed by atoms with Crippen molar-refractivity contribution < 1.29 is 9.59 Å². The van der Waals surface area contributed by atoms with Gasteiger partial charge in [-0.1, -0.05) is 25.1 Å². The number of piperidine rings is 1. The van der Waals surface area contributed by atoms with Crippen molar-refractivity contribution in [2.24, 2.45) is 5.92 Å². The van der Waals surface area contributed by atoms with Crippen LogP contribution in [0, 0.1) is 11.3 Å². The lowest BCUT2D eigenvalue weighted by Crippen LogP contribution is -2.54. The Morgan fingerprint density at radius 1 is 1.13 bits per heavy atom. The van der Waals surface area contributed by atoms with E-state index >= 15 is 0 Å². The van der Waals surface area contributed by atoms with Crippen LogP contribution in [0.4, 0.5) is 10.5 Å². The molecule has 0 aliphatic carbocycles. The Kier molecular flexibility index (Phi) is 5.61. The molecule has 1 atom stereocenters. The Labute approximate surface area is 177 Å². The van der Waals surface area contributed by atoms with Crippen molar-refractivity contribution in [3.63, 3.8) is 0 Å². The average Bonchev–Trinajstić information content (AvgIpc) is 2.77. The number of anilines is 1. The molecule has 2 N–H and O–H groups in total. The van der Waals surface area contributed by atoms with E-state index in [0.717, 1.165) is 41.5 Å². The molecule has 2 aromatic carbocycles. The first-order valence-electron chi connectivity index (χ1n) is 10.6. The van der Waals surface area contributed by atoms with Gasteiger partial charge in [0.2, 0.25) is 0 Å². The van der Waals surface area contributed by atoms with Gasteiger partial charge in [0, 0.05) is 49.9 Å². The molecule has 0 bridgehead atoms. The number of urea groups is 1. The van der Waals surface area contributed by atoms with Gasteiger partial charge in [0.25, 0.3) is 5.91 Å². The van der Waals surface area contributed by atoms with Crippen molar-refractivity contribution in [2.75, 3.05) is 44.7 Å². The highest BCUT2D eigenvalue weighted by Gasteiger charge is 2.27. The highest BCUT2D eigenvalue weighted by Crippen LogP contribution is 2.29. The number of carbonyl (C=O) groups is 2. The Morgan fingerprint density at radius 3 is 2.70 bits per heavy atom. The molecule has 0 spiro atoms. The second kappa shape index (κ2) is 8.34. The van der Waals surface area contributed by atoms with Crippen molar-refractivity contribution in [3.8, 4) is 0 Å². The number of fused-ring (bicyclic) bond motifs is 1. The zero-order chi connectivity index (χ0) is 21.3. The summed E-state index contributed by atoms with van der Waals surface area (Å²) in [4.78, 5) is 30.5. The summed E-state index contributed by atoms with van der Waals surface area (Å²) in [5.74, 6) is 0.942. The Bertz CT molecular complexity index is 989. The molecule has 2 aliphatic rings. The minimum Gasteiger partial charge on any atom is -0.362 e. The molecule has 0 radical (unpaired) electrons. The van der Waals surface area contributed by atoms with Crippen LogP contribution in [0.1, 0.15) is 30.1 Å². The van der Waals surface area contributed by atoms with Gasteiger partial charge in [-0.2, -0.15) is 0 Å². The Balaban J connectivity index is 1.57. The summed E-state index contributed by atoms with van der Waals surface area (Å²) in [6, 6.07) is 11.7. The Morgan fingerprint density at radius 2 is 1.97 bits per heavy atom. The van der Waals surface area contributed by atoms with E-state index in [2.05, 4.69) is 17.1 Å². The zero-order valence-corrected chi connectivity index (χ0v) is 17.6. The number of nitrogens with zero attached hydrogens (tertiary/aromatic N) is 3. The number of benzene rings is 2. The van der Waals surface area contributed by atoms with Gasteiger partial charge in [0.05, 0.1) is 6.54 Å². The first-order valence-corrected chi connectivity index (χ1v) is 10.6. The summed E-state index contributed by atoms with van der Waals surface area (Å²) < 4.78 is 0. The van der Waals surface area contributed by atoms with Crippen molar-refractivity contribution >= 4 is 34.2 Å². The second-order valence-corrected chi connectivity index (χ2v) is 8.29. The monoisotopic (exact) mass is 407 g/mol. The van der Waals surface area contributed by atoms with E-state index in [1.165, 1.54) is 11.3 Å². The minimum atomic E-state index is -0.243. The molecule has 30 heavy (non-hydrogen) atoms. The van der Waals surface area contributed by atoms with Crippen LogP contribution in [-0.4, -0.2) is 67.3 Å². The zero-order valence-electron chi connectivity index (χ0n) is 17.6. The average molecular weight is 408 g/mol. The van der Waals surface area contributed by atoms with Crippen molar-refractivity contribution in [2.45, 2.75) is 19.8 Å². The number of rotatable bonds is 2. The first kappa shape index (κ1) is 20.2. The van der Waals surface area contributed by atoms with E-state index in [-0.39, 0.29) is 17.8 Å². The van der Waals surface area contributed by atoms with Crippen LogP contribution in [0.5, 0.6) is 0 Å². The van der Waals surface area contributed by atoms with Crippen LogP contribution in [-0.2, 0) is 0 Å². The number of carbonyl (C=O) groups excluding carboxylic acids is 2. The van der Waals surface area contributed by atoms with Crippen LogP contribution in [0.15, 0.2) is 36.4 Å². The largest absolute Gasteiger partial charge is 0.362 e. The lowest BCUT2D eigenvalue weighted by molar-refractivity contribution is 0.0683. The van der Waals surface area contributed by atoms with E-state index in [0.29, 0.717) is 25.6 Å². The molecule has 3 amide bonds. The molecule has 2 saturated heterocycles. The predicted molar refractivity (Wildman–Crippen MR) is 119 cm³/mol. The maximum atomic E-state index is 13.0. The van der Waals surface area contributed by atoms with E-state index in [4.69, 9.17) is 5.41 Å². The third kappa shape index (κ3) is 3.84. The number of hydrogen-bond donors (Lipinski definition) is 2. The summed E-state index contributed by atoms with van der Waals surface area (Å²) in [6.07, 6.45) is 2.26. The van der Waals surface area contributed by atoms with E-state index in [1.54, 1.807) is 7.05 Å². The lowest BCUT2D eigenvalue weighted by Gasteiger charge is -2.36. The van der Waals surface area contributed by atoms with Crippen molar-refractivity contribution in [1.82, 2.24) is 15.1 Å². The van der Waals surface area contributed by atoms with Gasteiger partial charge in [0.1, 0.15) is 5.84 Å². The second-order valence-electron chi connectivity index (χ2n) is 8.29. The van der Waals surface area contributed by atoms with Crippen molar-refractivity contribution in [1.29, 1.82) is 5.41 Å². The molecule has 2 aliphatic heterocycles. The minimum absolute atomic E-state index is 0.106. The highest BCUT2D eigenvalue weighted by molar-refractivity contribution is 6.04. The predicted octanol–water partition coefficient (Wildman–Crippen LogP) is 3.15. The molecular weight excluding hydrogens is 378 g/mol. The van der Waals surface area contributed by atoms with Gasteiger partial charge in [-0.25, -0.2) is 4.79 Å². The quantitative estimate of drug-likeness (QED) is 0.803. The topological polar surface area (TPSA) is 79.7 Å². The highest BCUT2D eigenvalue weighted by atomic mass is 16.2. The number of piperazine rings is 1. The normalized spacial score (nSPS) is 19.9. The van der Waals surface area contributed by atoms with E-state index in [9.17, 15) is 9.59 Å². The molecule has 0 unspecified atom stereocenters. The number of likely N-dealkylation sites (tertiary alicyclic amines) is 1. The maximum absolute atomic E-state index is 13.0. The van der Waals surface area contributed by atoms with E-state index < -0.39 is 0 Å². The summed E-state index contributed by atoms with van der Waals surface area (Å²) in [7, 11) is 1.58. The van der Waals surface area contributed by atoms with Gasteiger partial charge in [-0.3, -0.25) is 15.1 Å². The van der Waals surface area contributed by atoms with Crippen LogP contribution in [0.3, 0.4) is 0 Å². The summed E-state index contributed by atoms with van der Waals surface area (Å²) >= 11 is 0. The number of amides is 3. The number of hydrogen-bond acceptors (Lipinski definition) is 4. The van der Waals surface area contributed by atoms with Crippen LogP contribution in [0.25, 0.3) is 10.8 Å². The number of nitrogens with one attached hydrogen (secondary N) is 2. The standard InChI is InChI=1S/C23H29N5O2/c1-16-5-4-10-27(14-16)22(29)18-8-9-19-17(13-18)6-3-7-20(19)26-11-12-28(21(24)15-26)23(30)25-2/h3,6-9,13,16,24H,4-5,10-12,14-15H2,1-2H3,(H,25,30)/t16-/m0/s1. The fraction of sp³-hybridized carbons (Fsp3) is 0.435. The molecule has 7 nitrogen and oxygen atoms in total.